The summed E-state index contributed by atoms with van der Waals surface area (Å²) in [5.41, 5.74) is 6.31. The van der Waals surface area contributed by atoms with Crippen molar-refractivity contribution in [1.82, 2.24) is 4.98 Å². The van der Waals surface area contributed by atoms with Crippen molar-refractivity contribution in [2.75, 3.05) is 11.9 Å². The summed E-state index contributed by atoms with van der Waals surface area (Å²) < 4.78 is 0. The van der Waals surface area contributed by atoms with E-state index in [1.807, 2.05) is 11.4 Å². The third-order valence-electron chi connectivity index (χ3n) is 2.48. The highest BCUT2D eigenvalue weighted by atomic mass is 32.1. The van der Waals surface area contributed by atoms with E-state index in [4.69, 9.17) is 5.73 Å². The maximum absolute atomic E-state index is 12.1. The number of rotatable bonds is 3. The van der Waals surface area contributed by atoms with Crippen LogP contribution in [0.5, 0.6) is 0 Å². The monoisotopic (exact) mass is 305 g/mol. The summed E-state index contributed by atoms with van der Waals surface area (Å²) in [6, 6.07) is 3.58. The molecule has 0 aromatic carbocycles. The van der Waals surface area contributed by atoms with Gasteiger partial charge in [0, 0.05) is 5.38 Å². The van der Waals surface area contributed by atoms with Crippen molar-refractivity contribution in [2.24, 2.45) is 5.73 Å². The topological polar surface area (TPSA) is 68.0 Å². The number of thiazole rings is 1. The Bertz CT molecular complexity index is 661. The van der Waals surface area contributed by atoms with E-state index in [-0.39, 0.29) is 5.91 Å². The summed E-state index contributed by atoms with van der Waals surface area (Å²) in [4.78, 5) is 17.9. The fourth-order valence-electron chi connectivity index (χ4n) is 1.43. The Kier molecular flexibility index (Phi) is 4.90. The SMILES string of the molecule is CC(C)c1csc(NC(=O)c2ccc(C#CCN)s2)n1. The highest BCUT2D eigenvalue weighted by Crippen LogP contribution is 2.23. The number of aromatic nitrogens is 1. The molecule has 1 amide bonds. The summed E-state index contributed by atoms with van der Waals surface area (Å²) in [7, 11) is 0. The number of carbonyl (C=O) groups is 1. The zero-order valence-corrected chi connectivity index (χ0v) is 12.9. The normalized spacial score (nSPS) is 10.2. The number of amides is 1. The van der Waals surface area contributed by atoms with Gasteiger partial charge in [-0.15, -0.1) is 22.7 Å². The van der Waals surface area contributed by atoms with Gasteiger partial charge < -0.3 is 5.73 Å². The number of thiophene rings is 1. The maximum Gasteiger partial charge on any atom is 0.267 e. The van der Waals surface area contributed by atoms with Crippen LogP contribution in [-0.4, -0.2) is 17.4 Å². The summed E-state index contributed by atoms with van der Waals surface area (Å²) in [6.07, 6.45) is 0. The molecule has 2 aromatic rings. The molecule has 0 saturated carbocycles. The molecule has 0 unspecified atom stereocenters. The fraction of sp³-hybridized carbons (Fsp3) is 0.286. The Labute approximate surface area is 126 Å². The maximum atomic E-state index is 12.1. The lowest BCUT2D eigenvalue weighted by atomic mass is 10.2. The fourth-order valence-corrected chi connectivity index (χ4v) is 3.08. The van der Waals surface area contributed by atoms with Gasteiger partial charge in [0.25, 0.3) is 5.91 Å². The lowest BCUT2D eigenvalue weighted by Gasteiger charge is -1.99. The highest BCUT2D eigenvalue weighted by Gasteiger charge is 2.12. The van der Waals surface area contributed by atoms with E-state index < -0.39 is 0 Å². The van der Waals surface area contributed by atoms with Gasteiger partial charge in [-0.1, -0.05) is 25.7 Å². The lowest BCUT2D eigenvalue weighted by molar-refractivity contribution is 0.103. The largest absolute Gasteiger partial charge is 0.320 e. The van der Waals surface area contributed by atoms with Crippen LogP contribution >= 0.6 is 22.7 Å². The molecule has 0 spiro atoms. The molecular formula is C14H15N3OS2. The van der Waals surface area contributed by atoms with Crippen LogP contribution in [0.2, 0.25) is 0 Å². The van der Waals surface area contributed by atoms with Gasteiger partial charge in [-0.05, 0) is 18.1 Å². The van der Waals surface area contributed by atoms with Crippen molar-refractivity contribution < 1.29 is 4.79 Å². The molecule has 104 valence electrons. The minimum Gasteiger partial charge on any atom is -0.320 e. The van der Waals surface area contributed by atoms with Gasteiger partial charge >= 0.3 is 0 Å². The van der Waals surface area contributed by atoms with Crippen molar-refractivity contribution in [3.05, 3.63) is 33.0 Å². The number of nitrogens with zero attached hydrogens (tertiary/aromatic N) is 1. The molecule has 0 bridgehead atoms. The summed E-state index contributed by atoms with van der Waals surface area (Å²) in [6.45, 7) is 4.46. The number of hydrogen-bond donors (Lipinski definition) is 2. The number of anilines is 1. The van der Waals surface area contributed by atoms with E-state index in [2.05, 4.69) is 36.0 Å². The lowest BCUT2D eigenvalue weighted by Crippen LogP contribution is -2.09. The van der Waals surface area contributed by atoms with E-state index in [9.17, 15) is 4.79 Å². The summed E-state index contributed by atoms with van der Waals surface area (Å²) >= 11 is 2.79. The average Bonchev–Trinajstić information content (AvgIpc) is 3.04. The van der Waals surface area contributed by atoms with E-state index in [1.54, 1.807) is 6.07 Å². The molecule has 6 heteroatoms. The average molecular weight is 305 g/mol. The van der Waals surface area contributed by atoms with Crippen LogP contribution in [0.3, 0.4) is 0 Å². The highest BCUT2D eigenvalue weighted by molar-refractivity contribution is 7.15. The van der Waals surface area contributed by atoms with Crippen molar-refractivity contribution in [1.29, 1.82) is 0 Å². The Morgan fingerprint density at radius 2 is 2.30 bits per heavy atom. The Hall–Kier alpha value is -1.68. The van der Waals surface area contributed by atoms with Crippen molar-refractivity contribution in [3.8, 4) is 11.8 Å². The van der Waals surface area contributed by atoms with Crippen molar-refractivity contribution in [3.63, 3.8) is 0 Å². The molecule has 3 N–H and O–H groups in total. The first-order valence-corrected chi connectivity index (χ1v) is 7.85. The number of nitrogens with one attached hydrogen (secondary N) is 1. The van der Waals surface area contributed by atoms with Gasteiger partial charge in [0.1, 0.15) is 0 Å². The number of nitrogens with two attached hydrogens (primary N) is 1. The van der Waals surface area contributed by atoms with Crippen LogP contribution in [0.1, 0.15) is 40.0 Å². The second kappa shape index (κ2) is 6.66. The van der Waals surface area contributed by atoms with Gasteiger partial charge in [0.2, 0.25) is 0 Å². The zero-order chi connectivity index (χ0) is 14.5. The molecule has 0 aliphatic carbocycles. The molecule has 2 heterocycles. The molecule has 0 aliphatic heterocycles. The van der Waals surface area contributed by atoms with E-state index in [1.165, 1.54) is 22.7 Å². The predicted molar refractivity (Wildman–Crippen MR) is 84.4 cm³/mol. The van der Waals surface area contributed by atoms with E-state index in [0.29, 0.717) is 22.5 Å². The zero-order valence-electron chi connectivity index (χ0n) is 11.3. The standard InChI is InChI=1S/C14H15N3OS2/c1-9(2)11-8-19-14(16-11)17-13(18)12-6-5-10(20-12)4-3-7-15/h5-6,8-9H,7,15H2,1-2H3,(H,16,17,18). The molecule has 0 radical (unpaired) electrons. The van der Waals surface area contributed by atoms with Gasteiger partial charge in [0.15, 0.2) is 5.13 Å². The molecule has 4 nitrogen and oxygen atoms in total. The van der Waals surface area contributed by atoms with E-state index >= 15 is 0 Å². The minimum atomic E-state index is -0.152. The molecule has 2 aromatic heterocycles. The third kappa shape index (κ3) is 3.67. The summed E-state index contributed by atoms with van der Waals surface area (Å²) in [5.74, 6) is 5.89. The number of hydrogen-bond acceptors (Lipinski definition) is 5. The van der Waals surface area contributed by atoms with Crippen LogP contribution < -0.4 is 11.1 Å². The molecule has 20 heavy (non-hydrogen) atoms. The first-order chi connectivity index (χ1) is 9.60. The Morgan fingerprint density at radius 1 is 1.50 bits per heavy atom. The predicted octanol–water partition coefficient (Wildman–Crippen LogP) is 2.89. The quantitative estimate of drug-likeness (QED) is 0.857. The van der Waals surface area contributed by atoms with Crippen molar-refractivity contribution >= 4 is 33.7 Å². The third-order valence-corrected chi connectivity index (χ3v) is 4.25. The van der Waals surface area contributed by atoms with Crippen LogP contribution in [0.15, 0.2) is 17.5 Å². The van der Waals surface area contributed by atoms with Gasteiger partial charge in [-0.3, -0.25) is 10.1 Å². The Morgan fingerprint density at radius 3 is 2.95 bits per heavy atom. The molecule has 0 saturated heterocycles. The molecule has 0 aliphatic rings. The van der Waals surface area contributed by atoms with Crippen LogP contribution in [0.4, 0.5) is 5.13 Å². The second-order valence-corrected chi connectivity index (χ2v) is 6.30. The first-order valence-electron chi connectivity index (χ1n) is 6.15. The second-order valence-electron chi connectivity index (χ2n) is 4.36. The molecule has 0 atom stereocenters. The van der Waals surface area contributed by atoms with Crippen molar-refractivity contribution in [2.45, 2.75) is 19.8 Å². The Balaban J connectivity index is 2.05. The van der Waals surface area contributed by atoms with Gasteiger partial charge in [0.05, 0.1) is 22.0 Å². The molecular weight excluding hydrogens is 290 g/mol. The van der Waals surface area contributed by atoms with Crippen LogP contribution in [0.25, 0.3) is 0 Å². The van der Waals surface area contributed by atoms with Gasteiger partial charge in [-0.2, -0.15) is 0 Å². The minimum absolute atomic E-state index is 0.152. The summed E-state index contributed by atoms with van der Waals surface area (Å²) in [5, 5.41) is 5.40. The van der Waals surface area contributed by atoms with Crippen LogP contribution in [0, 0.1) is 11.8 Å². The van der Waals surface area contributed by atoms with Crippen LogP contribution in [-0.2, 0) is 0 Å². The molecule has 2 rings (SSSR count). The molecule has 0 fully saturated rings. The first kappa shape index (κ1) is 14.7. The van der Waals surface area contributed by atoms with Gasteiger partial charge in [-0.25, -0.2) is 4.98 Å². The van der Waals surface area contributed by atoms with E-state index in [0.717, 1.165) is 10.6 Å². The smallest absolute Gasteiger partial charge is 0.267 e. The number of carbonyl (C=O) groups excluding carboxylic acids is 1.